The van der Waals surface area contributed by atoms with E-state index in [1.807, 2.05) is 0 Å². The smallest absolute Gasteiger partial charge is 0.333 e. The molecule has 0 heterocycles. The average molecular weight is 170 g/mol. The number of rotatable bonds is 4. The van der Waals surface area contributed by atoms with E-state index in [9.17, 15) is 4.79 Å². The minimum Gasteiger partial charge on any atom is -0.478 e. The van der Waals surface area contributed by atoms with Crippen LogP contribution in [0.2, 0.25) is 0 Å². The van der Waals surface area contributed by atoms with E-state index in [0.29, 0.717) is 0 Å². The van der Waals surface area contributed by atoms with Crippen LogP contribution in [0, 0.1) is 0 Å². The van der Waals surface area contributed by atoms with Crippen LogP contribution in [0.1, 0.15) is 25.7 Å². The van der Waals surface area contributed by atoms with E-state index >= 15 is 0 Å². The van der Waals surface area contributed by atoms with Crippen molar-refractivity contribution in [3.63, 3.8) is 0 Å². The van der Waals surface area contributed by atoms with Gasteiger partial charge in [-0.1, -0.05) is 19.4 Å². The second-order valence-corrected chi connectivity index (χ2v) is 3.13. The molecular formula is C9H14O3. The standard InChI is InChI=1S/C9H14O3/c1-7(9(10)11)6-12-8-4-2-3-5-8/h8H,1-6H2,(H,10,11). The van der Waals surface area contributed by atoms with E-state index in [4.69, 9.17) is 9.84 Å². The summed E-state index contributed by atoms with van der Waals surface area (Å²) in [5.41, 5.74) is 0.141. The molecule has 0 aromatic carbocycles. The zero-order valence-electron chi connectivity index (χ0n) is 7.08. The van der Waals surface area contributed by atoms with Crippen molar-refractivity contribution >= 4 is 5.97 Å². The molecule has 1 N–H and O–H groups in total. The maximum absolute atomic E-state index is 10.3. The highest BCUT2D eigenvalue weighted by Gasteiger charge is 2.16. The van der Waals surface area contributed by atoms with Crippen molar-refractivity contribution in [2.24, 2.45) is 0 Å². The van der Waals surface area contributed by atoms with Crippen LogP contribution in [0.4, 0.5) is 0 Å². The number of carboxylic acid groups (broad SMARTS) is 1. The lowest BCUT2D eigenvalue weighted by molar-refractivity contribution is -0.133. The summed E-state index contributed by atoms with van der Waals surface area (Å²) in [7, 11) is 0. The number of hydrogen-bond donors (Lipinski definition) is 1. The number of aliphatic carboxylic acids is 1. The van der Waals surface area contributed by atoms with Gasteiger partial charge >= 0.3 is 5.97 Å². The van der Waals surface area contributed by atoms with E-state index in [2.05, 4.69) is 6.58 Å². The van der Waals surface area contributed by atoms with Gasteiger partial charge in [-0.3, -0.25) is 0 Å². The predicted octanol–water partition coefficient (Wildman–Crippen LogP) is 1.59. The summed E-state index contributed by atoms with van der Waals surface area (Å²) in [6, 6.07) is 0. The average Bonchev–Trinajstić information content (AvgIpc) is 2.51. The molecule has 0 saturated heterocycles. The first-order chi connectivity index (χ1) is 5.70. The second-order valence-electron chi connectivity index (χ2n) is 3.13. The summed E-state index contributed by atoms with van der Waals surface area (Å²) >= 11 is 0. The topological polar surface area (TPSA) is 46.5 Å². The highest BCUT2D eigenvalue weighted by atomic mass is 16.5. The van der Waals surface area contributed by atoms with E-state index in [1.54, 1.807) is 0 Å². The molecule has 3 nitrogen and oxygen atoms in total. The molecule has 12 heavy (non-hydrogen) atoms. The van der Waals surface area contributed by atoms with Crippen LogP contribution in [0.3, 0.4) is 0 Å². The highest BCUT2D eigenvalue weighted by molar-refractivity contribution is 5.85. The Labute approximate surface area is 72.0 Å². The van der Waals surface area contributed by atoms with Gasteiger partial charge in [0.25, 0.3) is 0 Å². The third-order valence-corrected chi connectivity index (χ3v) is 2.10. The fraction of sp³-hybridized carbons (Fsp3) is 0.667. The molecule has 1 fully saturated rings. The molecule has 1 aliphatic rings. The Bertz CT molecular complexity index is 180. The summed E-state index contributed by atoms with van der Waals surface area (Å²) in [5, 5.41) is 8.48. The molecule has 1 saturated carbocycles. The van der Waals surface area contributed by atoms with Crippen LogP contribution < -0.4 is 0 Å². The van der Waals surface area contributed by atoms with Crippen molar-refractivity contribution in [3.05, 3.63) is 12.2 Å². The summed E-state index contributed by atoms with van der Waals surface area (Å²) in [4.78, 5) is 10.3. The lowest BCUT2D eigenvalue weighted by Crippen LogP contribution is -2.13. The van der Waals surface area contributed by atoms with Crippen LogP contribution in [0.15, 0.2) is 12.2 Å². The maximum atomic E-state index is 10.3. The molecule has 0 aromatic heterocycles. The van der Waals surface area contributed by atoms with E-state index in [-0.39, 0.29) is 18.3 Å². The number of carbonyl (C=O) groups is 1. The molecule has 0 radical (unpaired) electrons. The SMILES string of the molecule is C=C(COC1CCCC1)C(=O)O. The van der Waals surface area contributed by atoms with E-state index in [1.165, 1.54) is 12.8 Å². The van der Waals surface area contributed by atoms with Crippen LogP contribution in [-0.4, -0.2) is 23.8 Å². The van der Waals surface area contributed by atoms with E-state index in [0.717, 1.165) is 12.8 Å². The van der Waals surface area contributed by atoms with Crippen LogP contribution in [0.5, 0.6) is 0 Å². The van der Waals surface area contributed by atoms with Crippen molar-refractivity contribution in [1.29, 1.82) is 0 Å². The van der Waals surface area contributed by atoms with Gasteiger partial charge in [0.05, 0.1) is 18.3 Å². The minimum atomic E-state index is -0.965. The minimum absolute atomic E-state index is 0.141. The molecule has 0 spiro atoms. The second kappa shape index (κ2) is 4.26. The summed E-state index contributed by atoms with van der Waals surface area (Å²) in [5.74, 6) is -0.965. The van der Waals surface area contributed by atoms with Crippen molar-refractivity contribution < 1.29 is 14.6 Å². The van der Waals surface area contributed by atoms with Gasteiger partial charge in [-0.2, -0.15) is 0 Å². The number of carboxylic acids is 1. The number of ether oxygens (including phenoxy) is 1. The first-order valence-electron chi connectivity index (χ1n) is 4.23. The molecule has 1 rings (SSSR count). The predicted molar refractivity (Wildman–Crippen MR) is 45.0 cm³/mol. The molecule has 0 atom stereocenters. The Morgan fingerprint density at radius 3 is 2.58 bits per heavy atom. The Morgan fingerprint density at radius 1 is 1.50 bits per heavy atom. The highest BCUT2D eigenvalue weighted by Crippen LogP contribution is 2.21. The molecule has 0 unspecified atom stereocenters. The fourth-order valence-corrected chi connectivity index (χ4v) is 1.34. The zero-order chi connectivity index (χ0) is 8.97. The van der Waals surface area contributed by atoms with Crippen LogP contribution in [-0.2, 0) is 9.53 Å². The molecular weight excluding hydrogens is 156 g/mol. The van der Waals surface area contributed by atoms with Gasteiger partial charge in [0.2, 0.25) is 0 Å². The summed E-state index contributed by atoms with van der Waals surface area (Å²) in [6.45, 7) is 3.56. The van der Waals surface area contributed by atoms with Crippen molar-refractivity contribution in [1.82, 2.24) is 0 Å². The third kappa shape index (κ3) is 2.66. The summed E-state index contributed by atoms with van der Waals surface area (Å²) < 4.78 is 5.35. The van der Waals surface area contributed by atoms with Gasteiger partial charge in [0.1, 0.15) is 0 Å². The Balaban J connectivity index is 2.16. The van der Waals surface area contributed by atoms with Gasteiger partial charge in [-0.05, 0) is 12.8 Å². The molecule has 0 aliphatic heterocycles. The Hall–Kier alpha value is -0.830. The first-order valence-corrected chi connectivity index (χ1v) is 4.23. The Morgan fingerprint density at radius 2 is 2.08 bits per heavy atom. The van der Waals surface area contributed by atoms with E-state index < -0.39 is 5.97 Å². The first kappa shape index (κ1) is 9.26. The molecule has 0 amide bonds. The maximum Gasteiger partial charge on any atom is 0.333 e. The Kier molecular flexibility index (Phi) is 3.29. The molecule has 1 aliphatic carbocycles. The van der Waals surface area contributed by atoms with Crippen LogP contribution >= 0.6 is 0 Å². The quantitative estimate of drug-likeness (QED) is 0.651. The fourth-order valence-electron chi connectivity index (χ4n) is 1.34. The lowest BCUT2D eigenvalue weighted by atomic mass is 10.3. The number of hydrogen-bond acceptors (Lipinski definition) is 2. The van der Waals surface area contributed by atoms with Gasteiger partial charge in [-0.15, -0.1) is 0 Å². The van der Waals surface area contributed by atoms with Crippen molar-refractivity contribution in [2.75, 3.05) is 6.61 Å². The monoisotopic (exact) mass is 170 g/mol. The van der Waals surface area contributed by atoms with Gasteiger partial charge in [0.15, 0.2) is 0 Å². The zero-order valence-corrected chi connectivity index (χ0v) is 7.08. The van der Waals surface area contributed by atoms with Crippen molar-refractivity contribution in [3.8, 4) is 0 Å². The van der Waals surface area contributed by atoms with Crippen molar-refractivity contribution in [2.45, 2.75) is 31.8 Å². The molecule has 68 valence electrons. The van der Waals surface area contributed by atoms with Crippen LogP contribution in [0.25, 0.3) is 0 Å². The normalized spacial score (nSPS) is 18.0. The van der Waals surface area contributed by atoms with Gasteiger partial charge in [-0.25, -0.2) is 4.79 Å². The molecule has 3 heteroatoms. The lowest BCUT2D eigenvalue weighted by Gasteiger charge is -2.09. The summed E-state index contributed by atoms with van der Waals surface area (Å²) in [6.07, 6.45) is 4.79. The molecule has 0 bridgehead atoms. The van der Waals surface area contributed by atoms with Gasteiger partial charge in [0, 0.05) is 0 Å². The molecule has 0 aromatic rings. The largest absolute Gasteiger partial charge is 0.478 e. The van der Waals surface area contributed by atoms with Gasteiger partial charge < -0.3 is 9.84 Å². The third-order valence-electron chi connectivity index (χ3n) is 2.10.